The number of phosphoric acid groups is 3. The summed E-state index contributed by atoms with van der Waals surface area (Å²) in [5.74, 6) is 2.54. The molecule has 504 valence electrons. The van der Waals surface area contributed by atoms with E-state index in [0.717, 1.165) is 4.57 Å². The number of nitrogens with zero attached hydrogens (tertiary/aromatic N) is 3. The maximum absolute atomic E-state index is 13.7. The molecule has 5 atom stereocenters. The number of carboxylic acids is 1. The van der Waals surface area contributed by atoms with E-state index >= 15 is 0 Å². The molecule has 0 spiro atoms. The molecule has 1 saturated heterocycles. The number of aromatic carboxylic acids is 1. The Hall–Kier alpha value is -5.59. The first kappa shape index (κ1) is 73.2. The number of hydrogen-bond acceptors (Lipinski definition) is 26. The van der Waals surface area contributed by atoms with Crippen LogP contribution in [-0.4, -0.2) is 163 Å². The highest BCUT2D eigenvalue weighted by Crippen LogP contribution is 2.66. The number of carbonyl (C=O) groups excluding carboxylic acids is 2. The lowest BCUT2D eigenvalue weighted by Crippen LogP contribution is -2.33. The molecular formula is C52H60N7O25P3S6. The van der Waals surface area contributed by atoms with Gasteiger partial charge in [0.05, 0.1) is 52.4 Å². The van der Waals surface area contributed by atoms with Gasteiger partial charge in [-0.15, -0.1) is 0 Å². The van der Waals surface area contributed by atoms with E-state index in [4.69, 9.17) is 44.0 Å². The number of aromatic nitrogens is 2. The summed E-state index contributed by atoms with van der Waals surface area (Å²) in [5, 5.41) is 19.8. The van der Waals surface area contributed by atoms with Gasteiger partial charge in [-0.3, -0.25) is 28.0 Å². The number of rotatable bonds is 27. The van der Waals surface area contributed by atoms with Crippen LogP contribution in [0.4, 0.5) is 16.3 Å². The van der Waals surface area contributed by atoms with Gasteiger partial charge in [-0.1, -0.05) is 73.2 Å². The Morgan fingerprint density at radius 3 is 2.25 bits per heavy atom. The molecule has 4 aliphatic heterocycles. The molecule has 0 bridgehead atoms. The van der Waals surface area contributed by atoms with Crippen LogP contribution in [0, 0.1) is 11.8 Å². The summed E-state index contributed by atoms with van der Waals surface area (Å²) in [4.78, 5) is 97.9. The highest BCUT2D eigenvalue weighted by molar-refractivity contribution is 8.76. The van der Waals surface area contributed by atoms with Crippen molar-refractivity contribution in [2.75, 3.05) is 72.6 Å². The molecular weight excluding hydrogens is 1410 g/mol. The number of amides is 2. The summed E-state index contributed by atoms with van der Waals surface area (Å²) in [6, 6.07) is 10.6. The molecule has 4 aliphatic rings. The third kappa shape index (κ3) is 20.2. The number of hydrogen-bond donors (Lipinski definition) is 11. The molecule has 93 heavy (non-hydrogen) atoms. The molecule has 2 amide bonds. The summed E-state index contributed by atoms with van der Waals surface area (Å²) in [5.41, 5.74) is 5.37. The van der Waals surface area contributed by atoms with Gasteiger partial charge in [0.2, 0.25) is 0 Å². The zero-order chi connectivity index (χ0) is 68.2. The number of carboxylic acid groups (broad SMARTS) is 1. The predicted octanol–water partition coefficient (Wildman–Crippen LogP) is 4.91. The van der Waals surface area contributed by atoms with Crippen molar-refractivity contribution >= 4 is 133 Å². The van der Waals surface area contributed by atoms with Crippen LogP contribution in [0.1, 0.15) is 88.9 Å². The second kappa shape index (κ2) is 29.4. The Labute approximate surface area is 546 Å². The van der Waals surface area contributed by atoms with E-state index in [1.54, 1.807) is 70.4 Å². The Kier molecular flexibility index (Phi) is 23.2. The van der Waals surface area contributed by atoms with Gasteiger partial charge in [-0.05, 0) is 74.9 Å². The van der Waals surface area contributed by atoms with E-state index < -0.39 is 121 Å². The van der Waals surface area contributed by atoms with E-state index in [9.17, 15) is 73.7 Å². The van der Waals surface area contributed by atoms with Gasteiger partial charge in [-0.2, -0.15) is 30.4 Å². The number of alkyl carbamates (subject to hydrolysis) is 1. The Morgan fingerprint density at radius 1 is 0.871 bits per heavy atom. The molecule has 5 heterocycles. The zero-order valence-electron chi connectivity index (χ0n) is 49.3. The van der Waals surface area contributed by atoms with Crippen LogP contribution >= 0.6 is 66.6 Å². The van der Waals surface area contributed by atoms with Gasteiger partial charge in [0, 0.05) is 76.0 Å². The average molecular weight is 1470 g/mol. The summed E-state index contributed by atoms with van der Waals surface area (Å²) in [6.07, 6.45) is 1.95. The van der Waals surface area contributed by atoms with Crippen molar-refractivity contribution < 1.29 is 111 Å². The first-order chi connectivity index (χ1) is 43.3. The molecule has 4 aromatic rings. The molecule has 1 aromatic heterocycles. The zero-order valence-corrected chi connectivity index (χ0v) is 56.8. The van der Waals surface area contributed by atoms with Crippen molar-refractivity contribution in [2.45, 2.75) is 63.6 Å². The summed E-state index contributed by atoms with van der Waals surface area (Å²) < 4.78 is 141. The monoisotopic (exact) mass is 1470 g/mol. The number of nitrogens with two attached hydrogens (primary N) is 1. The number of carbonyl (C=O) groups is 3. The molecule has 3 aromatic carbocycles. The molecule has 1 fully saturated rings. The fourth-order valence-corrected chi connectivity index (χ4v) is 16.8. The molecule has 32 nitrogen and oxygen atoms in total. The number of phosphoric ester groups is 1. The van der Waals surface area contributed by atoms with Crippen LogP contribution in [0.2, 0.25) is 0 Å². The van der Waals surface area contributed by atoms with Gasteiger partial charge < -0.3 is 65.3 Å². The van der Waals surface area contributed by atoms with Crippen molar-refractivity contribution in [2.24, 2.45) is 4.99 Å². The number of nitrogens with one attached hydrogen (secondary N) is 3. The average Bonchev–Trinajstić information content (AvgIpc) is 1.13. The van der Waals surface area contributed by atoms with Gasteiger partial charge >= 0.3 is 41.2 Å². The minimum absolute atomic E-state index is 0.0172. The SMILES string of the molecule is CSSCO[C@@H]1C[C@H](n2cc(C#CCNC(=O)OCCSSCCNC(=O)c3ccc(C4=c5cc6c(cc5Oc5cc7c(cc54)C(CS(=O)(=O)O)=CC(C)(C)N7)=NC(C)(C)C=C6CS(=O)(=O)O)cc3C(=O)O)c(N)nc2=O)O[C@@H]1COP(=O)(O)OP(=O)(O)OP(=O)(O)O. The van der Waals surface area contributed by atoms with E-state index in [1.807, 2.05) is 0 Å². The van der Waals surface area contributed by atoms with E-state index in [0.29, 0.717) is 50.0 Å². The number of ether oxygens (including phenoxy) is 4. The first-order valence-electron chi connectivity index (χ1n) is 26.9. The lowest BCUT2D eigenvalue weighted by atomic mass is 9.85. The standard InChI is InChI=1S/C52H60N7O25P3S6/c1-51(2)21-30(25-92(72,73)74)33-16-36-40(18-38(33)57-51)81-41-19-39-34(31(26-93(75,76)77)22-52(3,4)58-39)17-37(41)45(36)28-8-9-32(35(15-28)48(61)62)47(60)54-11-13-89-90-14-12-78-50(64)55-10-6-7-29-23-59(49(63)56-46(29)53)44-20-42(79-27-91-88-5)43(82-44)24-80-86(68,69)84-87(70,71)83-85(65,66)67/h8-9,15-19,21-23,42-44,57H,10-14,20,24-27H2,1-5H3,(H,54,60)(H,55,64)(H,61,62)(H,68,69)(H,70,71)(H2,53,56,63)(H2,65,66,67)(H,72,73,74)(H,75,76,77)/t42-,43-,44-/m1/s1. The van der Waals surface area contributed by atoms with Crippen LogP contribution in [0.3, 0.4) is 0 Å². The number of anilines is 2. The van der Waals surface area contributed by atoms with E-state index in [-0.39, 0.29) is 77.2 Å². The fourth-order valence-electron chi connectivity index (χ4n) is 9.96. The van der Waals surface area contributed by atoms with Crippen molar-refractivity contribution in [3.05, 3.63) is 121 Å². The molecule has 8 rings (SSSR count). The number of nitrogen functional groups attached to an aromatic ring is 1. The van der Waals surface area contributed by atoms with Crippen molar-refractivity contribution in [1.29, 1.82) is 0 Å². The lowest BCUT2D eigenvalue weighted by Gasteiger charge is -2.34. The highest BCUT2D eigenvalue weighted by atomic mass is 33.1. The largest absolute Gasteiger partial charge is 0.490 e. The first-order valence-corrected chi connectivity index (χ1v) is 39.9. The van der Waals surface area contributed by atoms with Gasteiger partial charge in [0.25, 0.3) is 26.1 Å². The Balaban J connectivity index is 0.874. The molecule has 0 radical (unpaired) electrons. The minimum Gasteiger partial charge on any atom is -0.478 e. The van der Waals surface area contributed by atoms with Crippen LogP contribution in [0.25, 0.3) is 16.7 Å². The Bertz CT molecular complexity index is 4380. The van der Waals surface area contributed by atoms with Crippen LogP contribution < -0.4 is 42.7 Å². The normalized spacial score (nSPS) is 19.1. The molecule has 0 saturated carbocycles. The molecule has 2 unspecified atom stereocenters. The smallest absolute Gasteiger partial charge is 0.478 e. The number of fused-ring (bicyclic) bond motifs is 4. The highest BCUT2D eigenvalue weighted by Gasteiger charge is 2.44. The van der Waals surface area contributed by atoms with Crippen LogP contribution in [0.15, 0.2) is 70.6 Å². The maximum atomic E-state index is 13.7. The predicted molar refractivity (Wildman–Crippen MR) is 345 cm³/mol. The van der Waals surface area contributed by atoms with Crippen LogP contribution in [0.5, 0.6) is 11.5 Å². The second-order valence-electron chi connectivity index (χ2n) is 21.5. The van der Waals surface area contributed by atoms with Crippen molar-refractivity contribution in [3.8, 4) is 23.3 Å². The Morgan fingerprint density at radius 2 is 1.57 bits per heavy atom. The third-order valence-electron chi connectivity index (χ3n) is 13.3. The van der Waals surface area contributed by atoms with E-state index in [1.165, 1.54) is 67.6 Å². The molecule has 0 aliphatic carbocycles. The maximum Gasteiger partial charge on any atom is 0.490 e. The topological polar surface area (TPSA) is 486 Å². The van der Waals surface area contributed by atoms with Crippen LogP contribution in [-0.2, 0) is 61.3 Å². The molecule has 12 N–H and O–H groups in total. The summed E-state index contributed by atoms with van der Waals surface area (Å²) >= 11 is 0. The van der Waals surface area contributed by atoms with Crippen molar-refractivity contribution in [3.63, 3.8) is 0 Å². The van der Waals surface area contributed by atoms with E-state index in [2.05, 4.69) is 41.4 Å². The summed E-state index contributed by atoms with van der Waals surface area (Å²) in [6.45, 7) is 6.00. The quantitative estimate of drug-likeness (QED) is 0.00830. The summed E-state index contributed by atoms with van der Waals surface area (Å²) in [7, 11) is -20.9. The lowest BCUT2D eigenvalue weighted by molar-refractivity contribution is -0.0543. The number of benzene rings is 3. The molecule has 41 heteroatoms. The second-order valence-corrected chi connectivity index (χ2v) is 34.0. The van der Waals surface area contributed by atoms with Gasteiger partial charge in [-0.25, -0.2) is 28.1 Å². The van der Waals surface area contributed by atoms with Crippen molar-refractivity contribution in [1.82, 2.24) is 20.2 Å². The fraction of sp³-hybridized carbons (Fsp3) is 0.385. The minimum atomic E-state index is -5.81. The third-order valence-corrected chi connectivity index (χ3v) is 22.3. The van der Waals surface area contributed by atoms with Gasteiger partial charge in [0.15, 0.2) is 0 Å². The van der Waals surface area contributed by atoms with Gasteiger partial charge in [0.1, 0.15) is 53.7 Å².